The van der Waals surface area contributed by atoms with Crippen LogP contribution in [-0.4, -0.2) is 30.9 Å². The first-order valence-electron chi connectivity index (χ1n) is 4.26. The van der Waals surface area contributed by atoms with E-state index in [-0.39, 0.29) is 42.8 Å². The number of carbonyl (C=O) groups excluding carboxylic acids is 3. The van der Waals surface area contributed by atoms with Crippen LogP contribution < -0.4 is 29.6 Å². The molecule has 0 aliphatic carbocycles. The molecule has 0 heterocycles. The Morgan fingerprint density at radius 2 is 1.33 bits per heavy atom. The van der Waals surface area contributed by atoms with Gasteiger partial charge in [0.05, 0.1) is 13.2 Å². The molecular weight excluding hydrogens is 211 g/mol. The fraction of sp³-hybridized carbons (Fsp3) is 0.556. The second-order valence-electron chi connectivity index (χ2n) is 2.37. The fourth-order valence-electron chi connectivity index (χ4n) is 0.777. The Morgan fingerprint density at radius 3 is 1.53 bits per heavy atom. The van der Waals surface area contributed by atoms with Crippen molar-refractivity contribution in [2.75, 3.05) is 13.2 Å². The molecule has 0 saturated carbocycles. The molecule has 0 aliphatic heterocycles. The van der Waals surface area contributed by atoms with Crippen LogP contribution in [0.1, 0.15) is 20.8 Å². The van der Waals surface area contributed by atoms with Gasteiger partial charge in [0.15, 0.2) is 11.9 Å². The second kappa shape index (κ2) is 8.76. The summed E-state index contributed by atoms with van der Waals surface area (Å²) >= 11 is 0. The van der Waals surface area contributed by atoms with Crippen molar-refractivity contribution in [3.05, 3.63) is 5.92 Å². The van der Waals surface area contributed by atoms with Gasteiger partial charge in [0.25, 0.3) is 0 Å². The Bertz CT molecular complexity index is 221. The van der Waals surface area contributed by atoms with Crippen molar-refractivity contribution in [3.63, 3.8) is 0 Å². The van der Waals surface area contributed by atoms with E-state index in [1.165, 1.54) is 0 Å². The van der Waals surface area contributed by atoms with Crippen LogP contribution >= 0.6 is 0 Å². The van der Waals surface area contributed by atoms with Crippen LogP contribution in [0.4, 0.5) is 0 Å². The number of hydrogen-bond acceptors (Lipinski definition) is 5. The number of Topliss-reactive ketones (excluding diaryl/α,β-unsaturated/α-hetero) is 1. The average molecular weight is 224 g/mol. The zero-order valence-corrected chi connectivity index (χ0v) is 11.5. The van der Waals surface area contributed by atoms with Crippen LogP contribution in [-0.2, 0) is 23.9 Å². The molecular formula is C9H13NaO5. The van der Waals surface area contributed by atoms with E-state index in [9.17, 15) is 14.4 Å². The van der Waals surface area contributed by atoms with Crippen LogP contribution in [0.2, 0.25) is 0 Å². The van der Waals surface area contributed by atoms with Crippen molar-refractivity contribution in [3.8, 4) is 0 Å². The van der Waals surface area contributed by atoms with Gasteiger partial charge >= 0.3 is 29.6 Å². The molecule has 0 spiro atoms. The Hall–Kier alpha value is -0.520. The van der Waals surface area contributed by atoms with Gasteiger partial charge in [-0.3, -0.25) is 9.59 Å². The van der Waals surface area contributed by atoms with E-state index in [4.69, 9.17) is 0 Å². The van der Waals surface area contributed by atoms with E-state index in [1.54, 1.807) is 13.8 Å². The van der Waals surface area contributed by atoms with E-state index in [1.807, 2.05) is 0 Å². The van der Waals surface area contributed by atoms with E-state index in [2.05, 4.69) is 9.47 Å². The number of ether oxygens (including phenoxy) is 2. The third-order valence-corrected chi connectivity index (χ3v) is 1.31. The Morgan fingerprint density at radius 1 is 1.00 bits per heavy atom. The maximum absolute atomic E-state index is 11.1. The Labute approximate surface area is 111 Å². The summed E-state index contributed by atoms with van der Waals surface area (Å²) in [6.45, 7) is 4.49. The SMILES string of the molecule is CCOC(=O)[C-](C(C)=O)C(=O)OCC.[Na+]. The van der Waals surface area contributed by atoms with Gasteiger partial charge in [0, 0.05) is 5.78 Å². The average Bonchev–Trinajstić information content (AvgIpc) is 2.04. The molecule has 6 heteroatoms. The molecule has 0 rings (SSSR count). The first-order valence-corrected chi connectivity index (χ1v) is 4.26. The summed E-state index contributed by atoms with van der Waals surface area (Å²) in [5, 5.41) is 0. The van der Waals surface area contributed by atoms with Crippen molar-refractivity contribution < 1.29 is 53.4 Å². The molecule has 15 heavy (non-hydrogen) atoms. The smallest absolute Gasteiger partial charge is 0.487 e. The molecule has 0 bridgehead atoms. The minimum Gasteiger partial charge on any atom is -0.487 e. The van der Waals surface area contributed by atoms with Crippen molar-refractivity contribution in [1.82, 2.24) is 0 Å². The minimum absolute atomic E-state index is 0. The maximum Gasteiger partial charge on any atom is 1.00 e. The molecule has 0 unspecified atom stereocenters. The normalized spacial score (nSPS) is 8.47. The first kappa shape index (κ1) is 16.9. The van der Waals surface area contributed by atoms with Gasteiger partial charge in [-0.1, -0.05) is 0 Å². The third-order valence-electron chi connectivity index (χ3n) is 1.31. The van der Waals surface area contributed by atoms with Gasteiger partial charge < -0.3 is 14.3 Å². The fourth-order valence-corrected chi connectivity index (χ4v) is 0.777. The molecule has 0 aromatic heterocycles. The zero-order valence-electron chi connectivity index (χ0n) is 9.46. The molecule has 0 aliphatic rings. The van der Waals surface area contributed by atoms with E-state index < -0.39 is 23.6 Å². The summed E-state index contributed by atoms with van der Waals surface area (Å²) in [5.74, 6) is -3.08. The van der Waals surface area contributed by atoms with E-state index >= 15 is 0 Å². The number of esters is 2. The van der Waals surface area contributed by atoms with Crippen LogP contribution in [0.5, 0.6) is 0 Å². The van der Waals surface area contributed by atoms with Crippen LogP contribution in [0, 0.1) is 5.92 Å². The van der Waals surface area contributed by atoms with Gasteiger partial charge in [-0.2, -0.15) is 0 Å². The topological polar surface area (TPSA) is 69.7 Å². The maximum atomic E-state index is 11.1. The summed E-state index contributed by atoms with van der Waals surface area (Å²) in [7, 11) is 0. The van der Waals surface area contributed by atoms with Crippen molar-refractivity contribution in [2.24, 2.45) is 0 Å². The van der Waals surface area contributed by atoms with Crippen LogP contribution in [0.15, 0.2) is 0 Å². The van der Waals surface area contributed by atoms with Gasteiger partial charge in [0.2, 0.25) is 0 Å². The molecule has 0 amide bonds. The molecule has 0 radical (unpaired) electrons. The van der Waals surface area contributed by atoms with Gasteiger partial charge in [-0.15, -0.1) is 5.92 Å². The summed E-state index contributed by atoms with van der Waals surface area (Å²) in [4.78, 5) is 33.2. The molecule has 0 fully saturated rings. The molecule has 0 N–H and O–H groups in total. The van der Waals surface area contributed by atoms with Gasteiger partial charge in [-0.05, 0) is 20.8 Å². The number of ketones is 1. The van der Waals surface area contributed by atoms with E-state index in [0.717, 1.165) is 6.92 Å². The molecule has 5 nitrogen and oxygen atoms in total. The van der Waals surface area contributed by atoms with Crippen molar-refractivity contribution >= 4 is 17.7 Å². The molecule has 0 aromatic rings. The quantitative estimate of drug-likeness (QED) is 0.220. The first-order chi connectivity index (χ1) is 6.54. The Balaban J connectivity index is 0. The van der Waals surface area contributed by atoms with E-state index in [0.29, 0.717) is 0 Å². The molecule has 0 aromatic carbocycles. The number of rotatable bonds is 5. The second-order valence-corrected chi connectivity index (χ2v) is 2.37. The minimum atomic E-state index is -0.932. The van der Waals surface area contributed by atoms with Gasteiger partial charge in [0.1, 0.15) is 0 Å². The summed E-state index contributed by atoms with van der Waals surface area (Å²) in [6, 6.07) is 0. The van der Waals surface area contributed by atoms with Gasteiger partial charge in [-0.25, -0.2) is 0 Å². The summed E-state index contributed by atoms with van der Waals surface area (Å²) in [5.41, 5.74) is 0. The largest absolute Gasteiger partial charge is 1.00 e. The van der Waals surface area contributed by atoms with Crippen molar-refractivity contribution in [2.45, 2.75) is 20.8 Å². The predicted octanol–water partition coefficient (Wildman–Crippen LogP) is -2.72. The zero-order chi connectivity index (χ0) is 11.1. The molecule has 80 valence electrons. The number of hydrogen-bond donors (Lipinski definition) is 0. The monoisotopic (exact) mass is 224 g/mol. The Kier molecular flexibility index (Phi) is 9.87. The summed E-state index contributed by atoms with van der Waals surface area (Å²) in [6.07, 6.45) is 0. The van der Waals surface area contributed by atoms with Crippen LogP contribution in [0.25, 0.3) is 0 Å². The summed E-state index contributed by atoms with van der Waals surface area (Å²) < 4.78 is 9.07. The van der Waals surface area contributed by atoms with Crippen LogP contribution in [0.3, 0.4) is 0 Å². The third kappa shape index (κ3) is 5.81. The van der Waals surface area contributed by atoms with Crippen molar-refractivity contribution in [1.29, 1.82) is 0 Å². The molecule has 0 atom stereocenters. The predicted molar refractivity (Wildman–Crippen MR) is 47.2 cm³/mol. The number of carbonyl (C=O) groups is 3. The molecule has 0 saturated heterocycles. The standard InChI is InChI=1S/C9H13O5.Na/c1-4-13-8(11)7(6(3)10)9(12)14-5-2;/h4-5H2,1-3H3;/q-1;+1.